The fourth-order valence-electron chi connectivity index (χ4n) is 4.67. The number of likely N-dealkylation sites (tertiary alicyclic amines) is 2. The van der Waals surface area contributed by atoms with E-state index in [4.69, 9.17) is 0 Å². The second kappa shape index (κ2) is 8.13. The lowest BCUT2D eigenvalue weighted by Gasteiger charge is -2.48. The molecule has 1 atom stereocenters. The number of carbonyl (C=O) groups excluding carboxylic acids is 1. The number of hydrogen-bond acceptors (Lipinski definition) is 3. The van der Waals surface area contributed by atoms with Gasteiger partial charge in [-0.15, -0.1) is 0 Å². The molecule has 1 aromatic heterocycles. The van der Waals surface area contributed by atoms with Crippen LogP contribution in [0.4, 0.5) is 4.79 Å². The van der Waals surface area contributed by atoms with E-state index in [1.807, 2.05) is 4.90 Å². The van der Waals surface area contributed by atoms with Crippen molar-refractivity contribution in [1.82, 2.24) is 25.1 Å². The second-order valence-electron chi connectivity index (χ2n) is 8.02. The minimum absolute atomic E-state index is 0.0330. The molecule has 2 aliphatic rings. The summed E-state index contributed by atoms with van der Waals surface area (Å²) in [6.45, 7) is 5.42. The normalized spacial score (nSPS) is 23.5. The Morgan fingerprint density at radius 3 is 2.74 bits per heavy atom. The summed E-state index contributed by atoms with van der Waals surface area (Å²) in [5, 5.41) is 3.01. The van der Waals surface area contributed by atoms with E-state index >= 15 is 0 Å². The van der Waals surface area contributed by atoms with E-state index in [0.29, 0.717) is 6.54 Å². The van der Waals surface area contributed by atoms with Crippen LogP contribution in [0.3, 0.4) is 0 Å². The second-order valence-corrected chi connectivity index (χ2v) is 8.02. The Kier molecular flexibility index (Phi) is 5.43. The maximum atomic E-state index is 12.7. The molecule has 2 saturated heterocycles. The minimum Gasteiger partial charge on any atom is -0.347 e. The number of piperidine rings is 2. The van der Waals surface area contributed by atoms with Crippen LogP contribution in [0.25, 0.3) is 0 Å². The first-order valence-corrected chi connectivity index (χ1v) is 10.00. The van der Waals surface area contributed by atoms with Crippen molar-refractivity contribution in [2.45, 2.75) is 38.8 Å². The Labute approximate surface area is 161 Å². The van der Waals surface area contributed by atoms with Crippen molar-refractivity contribution in [3.63, 3.8) is 0 Å². The summed E-state index contributed by atoms with van der Waals surface area (Å²) >= 11 is 0. The standard InChI is InChI=1S/C21H29N5O/c27-20(24-14-19-22-10-11-23-19)26-13-5-9-21(17-26)8-4-12-25(16-21)15-18-6-2-1-3-7-18/h1-3,6-7,10-11H,4-5,8-9,12-17H2,(H,22,23)(H,24,27)/t21-/m1/s1. The Balaban J connectivity index is 1.35. The largest absolute Gasteiger partial charge is 0.347 e. The van der Waals surface area contributed by atoms with E-state index in [2.05, 4.69) is 50.5 Å². The quantitative estimate of drug-likeness (QED) is 0.873. The van der Waals surface area contributed by atoms with Crippen LogP contribution < -0.4 is 5.32 Å². The van der Waals surface area contributed by atoms with Crippen LogP contribution in [0.1, 0.15) is 37.1 Å². The average Bonchev–Trinajstić information content (AvgIpc) is 3.21. The third-order valence-electron chi connectivity index (χ3n) is 5.90. The lowest BCUT2D eigenvalue weighted by Crippen LogP contribution is -2.55. The molecular formula is C21H29N5O. The van der Waals surface area contributed by atoms with Crippen LogP contribution in [0, 0.1) is 5.41 Å². The molecule has 6 nitrogen and oxygen atoms in total. The molecule has 2 N–H and O–H groups in total. The Hall–Kier alpha value is -2.34. The maximum absolute atomic E-state index is 12.7. The first kappa shape index (κ1) is 18.0. The topological polar surface area (TPSA) is 64.3 Å². The summed E-state index contributed by atoms with van der Waals surface area (Å²) in [5.74, 6) is 0.793. The number of urea groups is 1. The van der Waals surface area contributed by atoms with E-state index in [9.17, 15) is 4.79 Å². The number of hydrogen-bond donors (Lipinski definition) is 2. The van der Waals surface area contributed by atoms with Gasteiger partial charge in [-0.25, -0.2) is 9.78 Å². The Morgan fingerprint density at radius 2 is 1.96 bits per heavy atom. The first-order chi connectivity index (χ1) is 13.2. The molecule has 0 aliphatic carbocycles. The van der Waals surface area contributed by atoms with Gasteiger partial charge in [-0.3, -0.25) is 4.90 Å². The molecule has 0 unspecified atom stereocenters. The predicted molar refractivity (Wildman–Crippen MR) is 105 cm³/mol. The highest BCUT2D eigenvalue weighted by molar-refractivity contribution is 5.74. The molecule has 6 heteroatoms. The SMILES string of the molecule is O=C(NCc1ncc[nH]1)N1CCC[C@@]2(CCCN(Cc3ccccc3)C2)C1. The van der Waals surface area contributed by atoms with Crippen LogP contribution in [0.5, 0.6) is 0 Å². The van der Waals surface area contributed by atoms with Crippen molar-refractivity contribution in [2.24, 2.45) is 5.41 Å². The maximum Gasteiger partial charge on any atom is 0.317 e. The third-order valence-corrected chi connectivity index (χ3v) is 5.90. The zero-order chi connectivity index (χ0) is 18.5. The summed E-state index contributed by atoms with van der Waals surface area (Å²) < 4.78 is 0. The Bertz CT molecular complexity index is 728. The van der Waals surface area contributed by atoms with Crippen LogP contribution in [0.2, 0.25) is 0 Å². The van der Waals surface area contributed by atoms with E-state index in [1.54, 1.807) is 12.4 Å². The average molecular weight is 367 g/mol. The summed E-state index contributed by atoms with van der Waals surface area (Å²) in [5.41, 5.74) is 1.62. The number of carbonyl (C=O) groups is 1. The van der Waals surface area contributed by atoms with Crippen LogP contribution >= 0.6 is 0 Å². The number of nitrogens with one attached hydrogen (secondary N) is 2. The molecule has 2 fully saturated rings. The van der Waals surface area contributed by atoms with Crippen molar-refractivity contribution >= 4 is 6.03 Å². The van der Waals surface area contributed by atoms with Gasteiger partial charge in [0.25, 0.3) is 0 Å². The van der Waals surface area contributed by atoms with E-state index in [1.165, 1.54) is 24.8 Å². The molecule has 144 valence electrons. The first-order valence-electron chi connectivity index (χ1n) is 10.00. The summed E-state index contributed by atoms with van der Waals surface area (Å²) in [6.07, 6.45) is 8.24. The zero-order valence-corrected chi connectivity index (χ0v) is 15.9. The molecule has 4 rings (SSSR count). The van der Waals surface area contributed by atoms with Gasteiger partial charge in [0.05, 0.1) is 6.54 Å². The molecule has 2 aliphatic heterocycles. The Morgan fingerprint density at radius 1 is 1.15 bits per heavy atom. The number of benzene rings is 1. The van der Waals surface area contributed by atoms with Crippen LogP contribution in [0.15, 0.2) is 42.7 Å². The highest BCUT2D eigenvalue weighted by atomic mass is 16.2. The number of rotatable bonds is 4. The molecular weight excluding hydrogens is 338 g/mol. The van der Waals surface area contributed by atoms with Crippen molar-refractivity contribution in [1.29, 1.82) is 0 Å². The highest BCUT2D eigenvalue weighted by Gasteiger charge is 2.40. The van der Waals surface area contributed by atoms with Gasteiger partial charge >= 0.3 is 6.03 Å². The molecule has 3 heterocycles. The van der Waals surface area contributed by atoms with Gasteiger partial charge in [-0.2, -0.15) is 0 Å². The molecule has 2 amide bonds. The van der Waals surface area contributed by atoms with Crippen LogP contribution in [-0.2, 0) is 13.1 Å². The highest BCUT2D eigenvalue weighted by Crippen LogP contribution is 2.38. The van der Waals surface area contributed by atoms with E-state index in [0.717, 1.165) is 45.0 Å². The van der Waals surface area contributed by atoms with Crippen molar-refractivity contribution < 1.29 is 4.79 Å². The number of imidazole rings is 1. The fraction of sp³-hybridized carbons (Fsp3) is 0.524. The third kappa shape index (κ3) is 4.50. The van der Waals surface area contributed by atoms with Gasteiger partial charge in [0.1, 0.15) is 5.82 Å². The smallest absolute Gasteiger partial charge is 0.317 e. The van der Waals surface area contributed by atoms with E-state index in [-0.39, 0.29) is 11.4 Å². The lowest BCUT2D eigenvalue weighted by atomic mass is 9.73. The van der Waals surface area contributed by atoms with Crippen molar-refractivity contribution in [2.75, 3.05) is 26.2 Å². The zero-order valence-electron chi connectivity index (χ0n) is 15.9. The minimum atomic E-state index is 0.0330. The summed E-state index contributed by atoms with van der Waals surface area (Å²) in [4.78, 5) is 24.4. The molecule has 2 aromatic rings. The molecule has 1 aromatic carbocycles. The summed E-state index contributed by atoms with van der Waals surface area (Å²) in [7, 11) is 0. The molecule has 0 bridgehead atoms. The van der Waals surface area contributed by atoms with Crippen LogP contribution in [-0.4, -0.2) is 52.0 Å². The van der Waals surface area contributed by atoms with Gasteiger partial charge in [0.15, 0.2) is 0 Å². The number of H-pyrrole nitrogens is 1. The van der Waals surface area contributed by atoms with Gasteiger partial charge in [-0.1, -0.05) is 30.3 Å². The number of amides is 2. The van der Waals surface area contributed by atoms with Crippen molar-refractivity contribution in [3.05, 3.63) is 54.1 Å². The van der Waals surface area contributed by atoms with Gasteiger partial charge in [-0.05, 0) is 37.8 Å². The van der Waals surface area contributed by atoms with Gasteiger partial charge in [0.2, 0.25) is 0 Å². The predicted octanol–water partition coefficient (Wildman–Crippen LogP) is 3.00. The van der Waals surface area contributed by atoms with Gasteiger partial charge in [0, 0.05) is 44.0 Å². The monoisotopic (exact) mass is 367 g/mol. The number of aromatic nitrogens is 2. The molecule has 0 radical (unpaired) electrons. The molecule has 0 saturated carbocycles. The number of nitrogens with zero attached hydrogens (tertiary/aromatic N) is 3. The number of aromatic amines is 1. The fourth-order valence-corrected chi connectivity index (χ4v) is 4.67. The molecule has 27 heavy (non-hydrogen) atoms. The summed E-state index contributed by atoms with van der Waals surface area (Å²) in [6, 6.07) is 10.7. The van der Waals surface area contributed by atoms with Crippen molar-refractivity contribution in [3.8, 4) is 0 Å². The van der Waals surface area contributed by atoms with E-state index < -0.39 is 0 Å². The van der Waals surface area contributed by atoms with Gasteiger partial charge < -0.3 is 15.2 Å². The lowest BCUT2D eigenvalue weighted by molar-refractivity contribution is 0.0234. The molecule has 1 spiro atoms.